The summed E-state index contributed by atoms with van der Waals surface area (Å²) in [5.74, 6) is 0.601. The Bertz CT molecular complexity index is 284. The first kappa shape index (κ1) is 9.13. The Labute approximate surface area is 79.6 Å². The van der Waals surface area contributed by atoms with E-state index in [0.29, 0.717) is 12.4 Å². The molecule has 3 heteroatoms. The molecule has 0 spiro atoms. The van der Waals surface area contributed by atoms with Gasteiger partial charge in [-0.3, -0.25) is 0 Å². The number of hydrogen-bond acceptors (Lipinski definition) is 2. The molecule has 0 aliphatic heterocycles. The Hall–Kier alpha value is -0.960. The molecule has 0 aliphatic rings. The van der Waals surface area contributed by atoms with Gasteiger partial charge in [-0.15, -0.1) is 0 Å². The van der Waals surface area contributed by atoms with E-state index in [1.165, 1.54) is 0 Å². The summed E-state index contributed by atoms with van der Waals surface area (Å²) in [5.41, 5.74) is 0. The summed E-state index contributed by atoms with van der Waals surface area (Å²) < 4.78 is 6.04. The van der Waals surface area contributed by atoms with Crippen LogP contribution in [0.2, 0.25) is 0 Å². The summed E-state index contributed by atoms with van der Waals surface area (Å²) in [4.78, 5) is 0. The number of phenolic OH excluding ortho intramolecular Hbond substituents is 1. The first-order valence-electron chi connectivity index (χ1n) is 3.46. The third-order valence-electron chi connectivity index (χ3n) is 1.28. The van der Waals surface area contributed by atoms with E-state index in [-0.39, 0.29) is 5.75 Å². The first-order valence-corrected chi connectivity index (χ1v) is 4.25. The molecule has 1 aromatic carbocycles. The molecule has 1 rings (SSSR count). The van der Waals surface area contributed by atoms with Crippen LogP contribution in [0, 0.1) is 0 Å². The highest BCUT2D eigenvalue weighted by Crippen LogP contribution is 2.28. The molecule has 0 saturated heterocycles. The van der Waals surface area contributed by atoms with Gasteiger partial charge in [-0.05, 0) is 18.2 Å². The van der Waals surface area contributed by atoms with Crippen molar-refractivity contribution in [3.05, 3.63) is 35.3 Å². The van der Waals surface area contributed by atoms with Crippen LogP contribution in [0.3, 0.4) is 0 Å². The average molecular weight is 229 g/mol. The quantitative estimate of drug-likeness (QED) is 0.807. The second kappa shape index (κ2) is 4.16. The van der Waals surface area contributed by atoms with Gasteiger partial charge in [-0.25, -0.2) is 0 Å². The summed E-state index contributed by atoms with van der Waals surface area (Å²) in [7, 11) is 0. The van der Waals surface area contributed by atoms with Crippen LogP contribution in [0.5, 0.6) is 11.5 Å². The van der Waals surface area contributed by atoms with Crippen LogP contribution in [0.1, 0.15) is 0 Å². The SMILES string of the molecule is C=CCOc1cc(Br)ccc1O. The number of aromatic hydroxyl groups is 1. The summed E-state index contributed by atoms with van der Waals surface area (Å²) in [6.45, 7) is 3.90. The number of hydrogen-bond donors (Lipinski definition) is 1. The lowest BCUT2D eigenvalue weighted by atomic mass is 10.3. The van der Waals surface area contributed by atoms with Gasteiger partial charge in [0.1, 0.15) is 6.61 Å². The molecule has 0 bridgehead atoms. The molecule has 0 aliphatic carbocycles. The summed E-state index contributed by atoms with van der Waals surface area (Å²) in [5, 5.41) is 9.28. The van der Waals surface area contributed by atoms with Crippen molar-refractivity contribution in [2.75, 3.05) is 6.61 Å². The fourth-order valence-electron chi connectivity index (χ4n) is 0.752. The van der Waals surface area contributed by atoms with Crippen LogP contribution in [0.4, 0.5) is 0 Å². The zero-order chi connectivity index (χ0) is 8.97. The Kier molecular flexibility index (Phi) is 3.17. The van der Waals surface area contributed by atoms with E-state index in [1.807, 2.05) is 0 Å². The highest BCUT2D eigenvalue weighted by Gasteiger charge is 2.00. The van der Waals surface area contributed by atoms with Gasteiger partial charge in [0, 0.05) is 4.47 Å². The van der Waals surface area contributed by atoms with Crippen molar-refractivity contribution in [3.8, 4) is 11.5 Å². The van der Waals surface area contributed by atoms with Gasteiger partial charge in [-0.1, -0.05) is 28.6 Å². The normalized spacial score (nSPS) is 9.42. The number of rotatable bonds is 3. The van der Waals surface area contributed by atoms with Gasteiger partial charge in [0.15, 0.2) is 11.5 Å². The fraction of sp³-hybridized carbons (Fsp3) is 0.111. The molecule has 0 radical (unpaired) electrons. The summed E-state index contributed by atoms with van der Waals surface area (Å²) in [6, 6.07) is 5.03. The van der Waals surface area contributed by atoms with E-state index in [9.17, 15) is 5.11 Å². The standard InChI is InChI=1S/C9H9BrO2/c1-2-5-12-9-6-7(10)3-4-8(9)11/h2-4,6,11H,1,5H2. The molecule has 0 unspecified atom stereocenters. The lowest BCUT2D eigenvalue weighted by Gasteiger charge is -2.05. The van der Waals surface area contributed by atoms with Crippen LogP contribution in [0.25, 0.3) is 0 Å². The number of phenols is 1. The van der Waals surface area contributed by atoms with E-state index >= 15 is 0 Å². The highest BCUT2D eigenvalue weighted by atomic mass is 79.9. The maximum atomic E-state index is 9.28. The minimum atomic E-state index is 0.139. The topological polar surface area (TPSA) is 29.5 Å². The smallest absolute Gasteiger partial charge is 0.162 e. The Morgan fingerprint density at radius 2 is 2.33 bits per heavy atom. The Balaban J connectivity index is 2.82. The predicted molar refractivity (Wildman–Crippen MR) is 51.5 cm³/mol. The maximum Gasteiger partial charge on any atom is 0.162 e. The average Bonchev–Trinajstić information content (AvgIpc) is 2.07. The van der Waals surface area contributed by atoms with Crippen LogP contribution >= 0.6 is 15.9 Å². The molecule has 0 amide bonds. The minimum Gasteiger partial charge on any atom is -0.504 e. The molecule has 1 aromatic rings. The van der Waals surface area contributed by atoms with E-state index in [2.05, 4.69) is 22.5 Å². The van der Waals surface area contributed by atoms with Gasteiger partial charge < -0.3 is 9.84 Å². The fourth-order valence-corrected chi connectivity index (χ4v) is 1.09. The highest BCUT2D eigenvalue weighted by molar-refractivity contribution is 9.10. The van der Waals surface area contributed by atoms with E-state index in [4.69, 9.17) is 4.74 Å². The largest absolute Gasteiger partial charge is 0.504 e. The van der Waals surface area contributed by atoms with E-state index in [0.717, 1.165) is 4.47 Å². The number of halogens is 1. The molecule has 0 saturated carbocycles. The summed E-state index contributed by atoms with van der Waals surface area (Å²) >= 11 is 3.27. The predicted octanol–water partition coefficient (Wildman–Crippen LogP) is 2.72. The van der Waals surface area contributed by atoms with Crippen molar-refractivity contribution in [3.63, 3.8) is 0 Å². The van der Waals surface area contributed by atoms with Crippen LogP contribution < -0.4 is 4.74 Å². The third-order valence-corrected chi connectivity index (χ3v) is 1.77. The molecular weight excluding hydrogens is 220 g/mol. The van der Waals surface area contributed by atoms with Crippen molar-refractivity contribution >= 4 is 15.9 Å². The van der Waals surface area contributed by atoms with E-state index < -0.39 is 0 Å². The second-order valence-corrected chi connectivity index (χ2v) is 3.13. The molecule has 1 N–H and O–H groups in total. The molecule has 0 heterocycles. The maximum absolute atomic E-state index is 9.28. The monoisotopic (exact) mass is 228 g/mol. The lowest BCUT2D eigenvalue weighted by molar-refractivity contribution is 0.336. The van der Waals surface area contributed by atoms with Crippen LogP contribution in [0.15, 0.2) is 35.3 Å². The van der Waals surface area contributed by atoms with Crippen molar-refractivity contribution in [2.24, 2.45) is 0 Å². The lowest BCUT2D eigenvalue weighted by Crippen LogP contribution is -1.92. The van der Waals surface area contributed by atoms with Crippen LogP contribution in [-0.4, -0.2) is 11.7 Å². The zero-order valence-electron chi connectivity index (χ0n) is 6.46. The number of benzene rings is 1. The van der Waals surface area contributed by atoms with E-state index in [1.54, 1.807) is 24.3 Å². The van der Waals surface area contributed by atoms with Crippen molar-refractivity contribution in [1.82, 2.24) is 0 Å². The molecule has 2 nitrogen and oxygen atoms in total. The Morgan fingerprint density at radius 1 is 1.58 bits per heavy atom. The van der Waals surface area contributed by atoms with Gasteiger partial charge >= 0.3 is 0 Å². The van der Waals surface area contributed by atoms with Gasteiger partial charge in [0.2, 0.25) is 0 Å². The molecule has 0 fully saturated rings. The van der Waals surface area contributed by atoms with Crippen molar-refractivity contribution < 1.29 is 9.84 Å². The minimum absolute atomic E-state index is 0.139. The van der Waals surface area contributed by atoms with Crippen molar-refractivity contribution in [1.29, 1.82) is 0 Å². The molecule has 64 valence electrons. The molecule has 0 aromatic heterocycles. The second-order valence-electron chi connectivity index (χ2n) is 2.21. The van der Waals surface area contributed by atoms with Gasteiger partial charge in [0.25, 0.3) is 0 Å². The number of ether oxygens (including phenoxy) is 1. The molecule has 12 heavy (non-hydrogen) atoms. The first-order chi connectivity index (χ1) is 5.74. The molecule has 0 atom stereocenters. The summed E-state index contributed by atoms with van der Waals surface area (Å²) in [6.07, 6.45) is 1.63. The van der Waals surface area contributed by atoms with Crippen LogP contribution in [-0.2, 0) is 0 Å². The zero-order valence-corrected chi connectivity index (χ0v) is 8.04. The third kappa shape index (κ3) is 2.27. The van der Waals surface area contributed by atoms with Gasteiger partial charge in [0.05, 0.1) is 0 Å². The Morgan fingerprint density at radius 3 is 3.00 bits per heavy atom. The molecular formula is C9H9BrO2. The van der Waals surface area contributed by atoms with Gasteiger partial charge in [-0.2, -0.15) is 0 Å². The van der Waals surface area contributed by atoms with Crippen molar-refractivity contribution in [2.45, 2.75) is 0 Å².